The second kappa shape index (κ2) is 4.28. The summed E-state index contributed by atoms with van der Waals surface area (Å²) >= 11 is 0. The number of hydrogen-bond acceptors (Lipinski definition) is 4. The second-order valence-corrected chi connectivity index (χ2v) is 3.54. The van der Waals surface area contributed by atoms with Crippen molar-refractivity contribution in [1.29, 1.82) is 5.26 Å². The van der Waals surface area contributed by atoms with E-state index in [-0.39, 0.29) is 11.4 Å². The first-order chi connectivity index (χ1) is 8.88. The molecule has 0 fully saturated rings. The maximum Gasteiger partial charge on any atom is 0.434 e. The van der Waals surface area contributed by atoms with Crippen LogP contribution in [-0.4, -0.2) is 16.5 Å². The number of aromatic nitrogens is 2. The van der Waals surface area contributed by atoms with Crippen LogP contribution in [0.5, 0.6) is 5.75 Å². The molecule has 0 aliphatic rings. The highest BCUT2D eigenvalue weighted by Crippen LogP contribution is 2.29. The lowest BCUT2D eigenvalue weighted by molar-refractivity contribution is -0.141. The highest BCUT2D eigenvalue weighted by molar-refractivity contribution is 5.48. The van der Waals surface area contributed by atoms with Gasteiger partial charge < -0.3 is 4.74 Å². The summed E-state index contributed by atoms with van der Waals surface area (Å²) in [7, 11) is 1.33. The van der Waals surface area contributed by atoms with E-state index in [0.717, 1.165) is 4.40 Å². The maximum atomic E-state index is 12.7. The third-order valence-electron chi connectivity index (χ3n) is 2.42. The monoisotopic (exact) mass is 269 g/mol. The van der Waals surface area contributed by atoms with Crippen molar-refractivity contribution in [2.24, 2.45) is 0 Å². The molecule has 0 saturated carbocycles. The topological polar surface area (TPSA) is 67.4 Å². The predicted octanol–water partition coefficient (Wildman–Crippen LogP) is 1.59. The lowest BCUT2D eigenvalue weighted by Gasteiger charge is -2.10. The molecule has 0 aliphatic heterocycles. The van der Waals surface area contributed by atoms with E-state index in [0.29, 0.717) is 0 Å². The molecule has 0 saturated heterocycles. The average molecular weight is 269 g/mol. The molecule has 0 atom stereocenters. The van der Waals surface area contributed by atoms with E-state index in [1.165, 1.54) is 31.5 Å². The van der Waals surface area contributed by atoms with Gasteiger partial charge in [-0.2, -0.15) is 18.4 Å². The van der Waals surface area contributed by atoms with Crippen molar-refractivity contribution >= 4 is 5.65 Å². The summed E-state index contributed by atoms with van der Waals surface area (Å²) in [6.07, 6.45) is -3.67. The summed E-state index contributed by atoms with van der Waals surface area (Å²) in [6.45, 7) is 0. The number of fused-ring (bicyclic) bond motifs is 1. The van der Waals surface area contributed by atoms with Gasteiger partial charge in [-0.15, -0.1) is 0 Å². The number of methoxy groups -OCH3 is 1. The Kier molecular flexibility index (Phi) is 2.90. The minimum absolute atomic E-state index is 0.240. The summed E-state index contributed by atoms with van der Waals surface area (Å²) in [5.41, 5.74) is -3.83. The zero-order valence-corrected chi connectivity index (χ0v) is 9.52. The van der Waals surface area contributed by atoms with Gasteiger partial charge in [0.25, 0.3) is 5.56 Å². The van der Waals surface area contributed by atoms with Gasteiger partial charge in [0, 0.05) is 12.3 Å². The molecule has 2 heterocycles. The zero-order valence-electron chi connectivity index (χ0n) is 9.52. The summed E-state index contributed by atoms with van der Waals surface area (Å²) in [4.78, 5) is 15.1. The highest BCUT2D eigenvalue weighted by Gasteiger charge is 2.37. The molecule has 2 aromatic heterocycles. The third-order valence-corrected chi connectivity index (χ3v) is 2.42. The number of alkyl halides is 3. The molecule has 8 heteroatoms. The minimum atomic E-state index is -4.87. The minimum Gasteiger partial charge on any atom is -0.497 e. The van der Waals surface area contributed by atoms with Crippen LogP contribution in [0.3, 0.4) is 0 Å². The molecule has 0 N–H and O–H groups in total. The van der Waals surface area contributed by atoms with Crippen LogP contribution >= 0.6 is 0 Å². The Morgan fingerprint density at radius 1 is 1.47 bits per heavy atom. The Morgan fingerprint density at radius 2 is 2.16 bits per heavy atom. The number of rotatable bonds is 1. The van der Waals surface area contributed by atoms with E-state index in [2.05, 4.69) is 4.98 Å². The molecule has 0 spiro atoms. The zero-order chi connectivity index (χ0) is 14.2. The Bertz CT molecular complexity index is 744. The van der Waals surface area contributed by atoms with Crippen LogP contribution in [0, 0.1) is 11.3 Å². The molecule has 19 heavy (non-hydrogen) atoms. The average Bonchev–Trinajstić information content (AvgIpc) is 2.36. The van der Waals surface area contributed by atoms with E-state index >= 15 is 0 Å². The van der Waals surface area contributed by atoms with Crippen molar-refractivity contribution in [3.8, 4) is 11.8 Å². The molecule has 0 aromatic carbocycles. The van der Waals surface area contributed by atoms with Gasteiger partial charge >= 0.3 is 6.18 Å². The lowest BCUT2D eigenvalue weighted by atomic mass is 10.2. The molecule has 0 unspecified atom stereocenters. The van der Waals surface area contributed by atoms with E-state index in [1.54, 1.807) is 0 Å². The van der Waals surface area contributed by atoms with Crippen LogP contribution in [-0.2, 0) is 6.18 Å². The summed E-state index contributed by atoms with van der Waals surface area (Å²) in [5.74, 6) is 0.254. The smallest absolute Gasteiger partial charge is 0.434 e. The number of pyridine rings is 1. The van der Waals surface area contributed by atoms with E-state index in [9.17, 15) is 18.0 Å². The SMILES string of the molecule is COc1ccn2c(=O)c(C#N)c(C(F)(F)F)nc2c1. The van der Waals surface area contributed by atoms with Crippen molar-refractivity contribution in [1.82, 2.24) is 9.38 Å². The molecule has 0 bridgehead atoms. The van der Waals surface area contributed by atoms with Gasteiger partial charge in [-0.1, -0.05) is 0 Å². The quantitative estimate of drug-likeness (QED) is 0.788. The van der Waals surface area contributed by atoms with Crippen LogP contribution < -0.4 is 10.3 Å². The fourth-order valence-electron chi connectivity index (χ4n) is 1.55. The van der Waals surface area contributed by atoms with Crippen molar-refractivity contribution in [3.63, 3.8) is 0 Å². The van der Waals surface area contributed by atoms with Crippen molar-refractivity contribution < 1.29 is 17.9 Å². The Balaban J connectivity index is 2.91. The van der Waals surface area contributed by atoms with Gasteiger partial charge in [0.1, 0.15) is 23.0 Å². The molecule has 2 rings (SSSR count). The van der Waals surface area contributed by atoms with Gasteiger partial charge in [-0.25, -0.2) is 4.98 Å². The normalized spacial score (nSPS) is 11.3. The molecule has 0 aliphatic carbocycles. The number of nitriles is 1. The van der Waals surface area contributed by atoms with Gasteiger partial charge in [0.05, 0.1) is 7.11 Å². The summed E-state index contributed by atoms with van der Waals surface area (Å²) < 4.78 is 43.9. The molecule has 0 amide bonds. The van der Waals surface area contributed by atoms with Crippen LogP contribution in [0.15, 0.2) is 23.1 Å². The Morgan fingerprint density at radius 3 is 2.68 bits per heavy atom. The fourth-order valence-corrected chi connectivity index (χ4v) is 1.55. The molecule has 2 aromatic rings. The first-order valence-corrected chi connectivity index (χ1v) is 4.96. The van der Waals surface area contributed by atoms with Gasteiger partial charge in [0.15, 0.2) is 5.69 Å². The number of halogens is 3. The predicted molar refractivity (Wildman–Crippen MR) is 57.7 cm³/mol. The van der Waals surface area contributed by atoms with Crippen LogP contribution in [0.4, 0.5) is 13.2 Å². The van der Waals surface area contributed by atoms with E-state index in [1.807, 2.05) is 0 Å². The van der Waals surface area contributed by atoms with Crippen molar-refractivity contribution in [2.45, 2.75) is 6.18 Å². The Hall–Kier alpha value is -2.56. The summed E-state index contributed by atoms with van der Waals surface area (Å²) in [5, 5.41) is 8.69. The Labute approximate surface area is 104 Å². The number of ether oxygens (including phenoxy) is 1. The summed E-state index contributed by atoms with van der Waals surface area (Å²) in [6, 6.07) is 3.80. The van der Waals surface area contributed by atoms with Crippen LogP contribution in [0.1, 0.15) is 11.3 Å². The van der Waals surface area contributed by atoms with Crippen LogP contribution in [0.25, 0.3) is 5.65 Å². The van der Waals surface area contributed by atoms with E-state index < -0.39 is 23.0 Å². The first kappa shape index (κ1) is 12.9. The lowest BCUT2D eigenvalue weighted by Crippen LogP contribution is -2.25. The molecule has 98 valence electrons. The number of hydrogen-bond donors (Lipinski definition) is 0. The number of nitrogens with zero attached hydrogens (tertiary/aromatic N) is 3. The van der Waals surface area contributed by atoms with Gasteiger partial charge in [-0.05, 0) is 6.07 Å². The van der Waals surface area contributed by atoms with Crippen molar-refractivity contribution in [2.75, 3.05) is 7.11 Å². The van der Waals surface area contributed by atoms with E-state index in [4.69, 9.17) is 10.00 Å². The molecule has 0 radical (unpaired) electrons. The standard InChI is InChI=1S/C11H6F3N3O2/c1-19-6-2-3-17-8(4-6)16-9(11(12,13)14)7(5-15)10(17)18/h2-4H,1H3. The highest BCUT2D eigenvalue weighted by atomic mass is 19.4. The first-order valence-electron chi connectivity index (χ1n) is 4.96. The second-order valence-electron chi connectivity index (χ2n) is 3.54. The van der Waals surface area contributed by atoms with Gasteiger partial charge in [-0.3, -0.25) is 9.20 Å². The fraction of sp³-hybridized carbons (Fsp3) is 0.182. The van der Waals surface area contributed by atoms with Crippen molar-refractivity contribution in [3.05, 3.63) is 39.9 Å². The largest absolute Gasteiger partial charge is 0.497 e. The van der Waals surface area contributed by atoms with Crippen LogP contribution in [0.2, 0.25) is 0 Å². The molecular formula is C11H6F3N3O2. The molecular weight excluding hydrogens is 263 g/mol. The van der Waals surface area contributed by atoms with Gasteiger partial charge in [0.2, 0.25) is 0 Å². The maximum absolute atomic E-state index is 12.7. The molecule has 5 nitrogen and oxygen atoms in total. The third kappa shape index (κ3) is 2.10.